The van der Waals surface area contributed by atoms with Gasteiger partial charge < -0.3 is 4.74 Å². The first-order valence-corrected chi connectivity index (χ1v) is 9.30. The SMILES string of the molecule is CCOC(=O)C1CCN(S(=O)(=O)Cc2ccccc2Cl)CC1. The van der Waals surface area contributed by atoms with Gasteiger partial charge in [-0.2, -0.15) is 0 Å². The molecule has 1 aromatic rings. The van der Waals surface area contributed by atoms with Crippen molar-refractivity contribution >= 4 is 27.6 Å². The van der Waals surface area contributed by atoms with Crippen molar-refractivity contribution in [1.29, 1.82) is 0 Å². The first-order valence-electron chi connectivity index (χ1n) is 7.32. The molecule has 0 radical (unpaired) electrons. The number of hydrogen-bond acceptors (Lipinski definition) is 4. The molecule has 0 atom stereocenters. The van der Waals surface area contributed by atoms with Crippen LogP contribution in [0.1, 0.15) is 25.3 Å². The van der Waals surface area contributed by atoms with Gasteiger partial charge in [0.2, 0.25) is 10.0 Å². The Kier molecular flexibility index (Phi) is 5.83. The van der Waals surface area contributed by atoms with E-state index in [0.29, 0.717) is 43.1 Å². The number of halogens is 1. The highest BCUT2D eigenvalue weighted by Crippen LogP contribution is 2.24. The molecule has 22 heavy (non-hydrogen) atoms. The molecule has 0 unspecified atom stereocenters. The minimum Gasteiger partial charge on any atom is -0.466 e. The third kappa shape index (κ3) is 4.21. The predicted molar refractivity (Wildman–Crippen MR) is 85.0 cm³/mol. The van der Waals surface area contributed by atoms with Gasteiger partial charge in [0.1, 0.15) is 0 Å². The third-order valence-corrected chi connectivity index (χ3v) is 5.96. The van der Waals surface area contributed by atoms with E-state index in [-0.39, 0.29) is 17.6 Å². The molecule has 0 bridgehead atoms. The lowest BCUT2D eigenvalue weighted by molar-refractivity contribution is -0.149. The Bertz CT molecular complexity index is 624. The van der Waals surface area contributed by atoms with Crippen LogP contribution in [0.5, 0.6) is 0 Å². The zero-order chi connectivity index (χ0) is 16.2. The van der Waals surface area contributed by atoms with Crippen LogP contribution in [-0.2, 0) is 25.3 Å². The number of sulfonamides is 1. The zero-order valence-corrected chi connectivity index (χ0v) is 14.1. The van der Waals surface area contributed by atoms with E-state index in [1.807, 2.05) is 0 Å². The molecule has 0 aromatic heterocycles. The Hall–Kier alpha value is -1.11. The summed E-state index contributed by atoms with van der Waals surface area (Å²) >= 11 is 6.02. The van der Waals surface area contributed by atoms with E-state index in [0.717, 1.165) is 0 Å². The van der Waals surface area contributed by atoms with E-state index < -0.39 is 10.0 Å². The monoisotopic (exact) mass is 345 g/mol. The Labute approximate surface area is 136 Å². The normalized spacial score (nSPS) is 17.4. The smallest absolute Gasteiger partial charge is 0.309 e. The van der Waals surface area contributed by atoms with E-state index in [4.69, 9.17) is 16.3 Å². The Balaban J connectivity index is 1.98. The largest absolute Gasteiger partial charge is 0.466 e. The van der Waals surface area contributed by atoms with Gasteiger partial charge in [-0.15, -0.1) is 0 Å². The molecule has 1 fully saturated rings. The Morgan fingerprint density at radius 3 is 2.55 bits per heavy atom. The number of benzene rings is 1. The molecule has 7 heteroatoms. The highest BCUT2D eigenvalue weighted by atomic mass is 35.5. The minimum absolute atomic E-state index is 0.114. The fraction of sp³-hybridized carbons (Fsp3) is 0.533. The second-order valence-electron chi connectivity index (χ2n) is 5.27. The quantitative estimate of drug-likeness (QED) is 0.769. The van der Waals surface area contributed by atoms with Gasteiger partial charge in [0.05, 0.1) is 18.3 Å². The van der Waals surface area contributed by atoms with E-state index in [2.05, 4.69) is 0 Å². The van der Waals surface area contributed by atoms with Crippen LogP contribution >= 0.6 is 11.6 Å². The van der Waals surface area contributed by atoms with Gasteiger partial charge in [0, 0.05) is 18.1 Å². The lowest BCUT2D eigenvalue weighted by atomic mass is 9.98. The van der Waals surface area contributed by atoms with Crippen LogP contribution in [0.2, 0.25) is 5.02 Å². The van der Waals surface area contributed by atoms with Crippen molar-refractivity contribution in [3.8, 4) is 0 Å². The van der Waals surface area contributed by atoms with Crippen LogP contribution in [0.15, 0.2) is 24.3 Å². The van der Waals surface area contributed by atoms with E-state index in [9.17, 15) is 13.2 Å². The molecule has 0 saturated carbocycles. The number of hydrogen-bond donors (Lipinski definition) is 0. The summed E-state index contributed by atoms with van der Waals surface area (Å²) in [6.07, 6.45) is 1.00. The van der Waals surface area contributed by atoms with Crippen LogP contribution < -0.4 is 0 Å². The number of carbonyl (C=O) groups is 1. The summed E-state index contributed by atoms with van der Waals surface area (Å²) in [4.78, 5) is 11.7. The van der Waals surface area contributed by atoms with E-state index >= 15 is 0 Å². The molecule has 0 spiro atoms. The molecule has 122 valence electrons. The van der Waals surface area contributed by atoms with Crippen LogP contribution in [0.25, 0.3) is 0 Å². The van der Waals surface area contributed by atoms with E-state index in [1.54, 1.807) is 31.2 Å². The number of esters is 1. The van der Waals surface area contributed by atoms with Gasteiger partial charge in [-0.3, -0.25) is 4.79 Å². The van der Waals surface area contributed by atoms with Crippen LogP contribution in [0.3, 0.4) is 0 Å². The first kappa shape index (κ1) is 17.2. The molecule has 0 amide bonds. The molecule has 1 aliphatic rings. The topological polar surface area (TPSA) is 63.7 Å². The van der Waals surface area contributed by atoms with Crippen molar-refractivity contribution in [1.82, 2.24) is 4.31 Å². The van der Waals surface area contributed by atoms with Gasteiger partial charge in [0.15, 0.2) is 0 Å². The number of ether oxygens (including phenoxy) is 1. The molecular weight excluding hydrogens is 326 g/mol. The number of piperidine rings is 1. The van der Waals surface area contributed by atoms with Crippen molar-refractivity contribution < 1.29 is 17.9 Å². The van der Waals surface area contributed by atoms with Crippen molar-refractivity contribution in [2.45, 2.75) is 25.5 Å². The van der Waals surface area contributed by atoms with Crippen LogP contribution in [0.4, 0.5) is 0 Å². The van der Waals surface area contributed by atoms with Crippen molar-refractivity contribution in [3.05, 3.63) is 34.9 Å². The fourth-order valence-corrected chi connectivity index (χ4v) is 4.41. The molecule has 5 nitrogen and oxygen atoms in total. The summed E-state index contributed by atoms with van der Waals surface area (Å²) in [5, 5.41) is 0.451. The highest BCUT2D eigenvalue weighted by molar-refractivity contribution is 7.88. The highest BCUT2D eigenvalue weighted by Gasteiger charge is 2.32. The summed E-state index contributed by atoms with van der Waals surface area (Å²) in [5.74, 6) is -0.547. The minimum atomic E-state index is -3.42. The van der Waals surface area contributed by atoms with Crippen LogP contribution in [-0.4, -0.2) is 38.4 Å². The lowest BCUT2D eigenvalue weighted by Gasteiger charge is -2.30. The third-order valence-electron chi connectivity index (χ3n) is 3.76. The average Bonchev–Trinajstić information content (AvgIpc) is 2.50. The van der Waals surface area contributed by atoms with Crippen LogP contribution in [0, 0.1) is 5.92 Å². The molecule has 1 heterocycles. The zero-order valence-electron chi connectivity index (χ0n) is 12.5. The number of nitrogens with zero attached hydrogens (tertiary/aromatic N) is 1. The second-order valence-corrected chi connectivity index (χ2v) is 7.65. The maximum absolute atomic E-state index is 12.5. The summed E-state index contributed by atoms with van der Waals surface area (Å²) in [6, 6.07) is 6.93. The van der Waals surface area contributed by atoms with Crippen molar-refractivity contribution in [3.63, 3.8) is 0 Å². The summed E-state index contributed by atoms with van der Waals surface area (Å²) in [5.41, 5.74) is 0.594. The van der Waals surface area contributed by atoms with Gasteiger partial charge in [-0.25, -0.2) is 12.7 Å². The summed E-state index contributed by atoms with van der Waals surface area (Å²) in [6.45, 7) is 2.80. The molecule has 1 aliphatic heterocycles. The maximum atomic E-state index is 12.5. The molecule has 2 rings (SSSR count). The fourth-order valence-electron chi connectivity index (χ4n) is 2.53. The standard InChI is InChI=1S/C15H20ClNO4S/c1-2-21-15(18)12-7-9-17(10-8-12)22(19,20)11-13-5-3-4-6-14(13)16/h3-6,12H,2,7-11H2,1H3. The maximum Gasteiger partial charge on any atom is 0.309 e. The molecular formula is C15H20ClNO4S. The molecule has 1 aromatic carbocycles. The number of rotatable bonds is 5. The Morgan fingerprint density at radius 1 is 1.32 bits per heavy atom. The van der Waals surface area contributed by atoms with Gasteiger partial charge in [-0.05, 0) is 31.4 Å². The second kappa shape index (κ2) is 7.44. The van der Waals surface area contributed by atoms with Gasteiger partial charge in [-0.1, -0.05) is 29.8 Å². The number of carbonyl (C=O) groups excluding carboxylic acids is 1. The average molecular weight is 346 g/mol. The predicted octanol–water partition coefficient (Wildman–Crippen LogP) is 2.44. The summed E-state index contributed by atoms with van der Waals surface area (Å²) < 4.78 is 31.3. The van der Waals surface area contributed by atoms with E-state index in [1.165, 1.54) is 4.31 Å². The van der Waals surface area contributed by atoms with Gasteiger partial charge >= 0.3 is 5.97 Å². The Morgan fingerprint density at radius 2 is 1.95 bits per heavy atom. The lowest BCUT2D eigenvalue weighted by Crippen LogP contribution is -2.41. The van der Waals surface area contributed by atoms with Gasteiger partial charge in [0.25, 0.3) is 0 Å². The molecule has 0 N–H and O–H groups in total. The van der Waals surface area contributed by atoms with Crippen molar-refractivity contribution in [2.24, 2.45) is 5.92 Å². The molecule has 0 aliphatic carbocycles. The first-order chi connectivity index (χ1) is 10.4. The van der Waals surface area contributed by atoms with Crippen molar-refractivity contribution in [2.75, 3.05) is 19.7 Å². The molecule has 1 saturated heterocycles. The summed E-state index contributed by atoms with van der Waals surface area (Å²) in [7, 11) is -3.42.